The molecule has 0 fully saturated rings. The molecule has 0 saturated carbocycles. The van der Waals surface area contributed by atoms with Crippen LogP contribution in [0.4, 0.5) is 11.4 Å². The Balaban J connectivity index is 1.42. The standard InChI is InChI=1S/C27H22N2O3/c1-32-25-16-14-23(15-17-25)28-27(31)22-8-5-9-24(18-22)29-26(30)21-12-10-20(11-13-21)19-6-3-2-4-7-19/h2-18H,1H3,(H,28,31)(H,29,30). The summed E-state index contributed by atoms with van der Waals surface area (Å²) < 4.78 is 5.12. The predicted octanol–water partition coefficient (Wildman–Crippen LogP) is 5.87. The van der Waals surface area contributed by atoms with Crippen LogP contribution >= 0.6 is 0 Å². The largest absolute Gasteiger partial charge is 0.497 e. The Morgan fingerprint density at radius 3 is 1.91 bits per heavy atom. The smallest absolute Gasteiger partial charge is 0.255 e. The van der Waals surface area contributed by atoms with Gasteiger partial charge in [0.15, 0.2) is 0 Å². The number of carbonyl (C=O) groups excluding carboxylic acids is 2. The Kier molecular flexibility index (Phi) is 6.28. The molecule has 5 nitrogen and oxygen atoms in total. The van der Waals surface area contributed by atoms with Crippen molar-refractivity contribution in [3.8, 4) is 16.9 Å². The normalized spacial score (nSPS) is 10.3. The third kappa shape index (κ3) is 5.02. The quantitative estimate of drug-likeness (QED) is 0.409. The van der Waals surface area contributed by atoms with E-state index in [1.54, 1.807) is 67.8 Å². The number of amides is 2. The van der Waals surface area contributed by atoms with Crippen molar-refractivity contribution in [2.75, 3.05) is 17.7 Å². The van der Waals surface area contributed by atoms with Crippen molar-refractivity contribution < 1.29 is 14.3 Å². The number of hydrogen-bond donors (Lipinski definition) is 2. The molecule has 0 aromatic heterocycles. The highest BCUT2D eigenvalue weighted by Crippen LogP contribution is 2.21. The first-order valence-corrected chi connectivity index (χ1v) is 10.1. The van der Waals surface area contributed by atoms with Crippen molar-refractivity contribution in [2.24, 2.45) is 0 Å². The molecule has 2 amide bonds. The molecule has 0 aliphatic carbocycles. The van der Waals surface area contributed by atoms with Gasteiger partial charge in [-0.25, -0.2) is 0 Å². The van der Waals surface area contributed by atoms with Crippen LogP contribution < -0.4 is 15.4 Å². The number of rotatable bonds is 6. The number of carbonyl (C=O) groups is 2. The third-order valence-corrected chi connectivity index (χ3v) is 4.98. The molecule has 4 aromatic rings. The fourth-order valence-electron chi connectivity index (χ4n) is 3.26. The second-order valence-electron chi connectivity index (χ2n) is 7.16. The van der Waals surface area contributed by atoms with Crippen molar-refractivity contribution in [1.82, 2.24) is 0 Å². The Bertz CT molecular complexity index is 1220. The molecule has 0 unspecified atom stereocenters. The molecule has 158 valence electrons. The van der Waals surface area contributed by atoms with Crippen molar-refractivity contribution in [1.29, 1.82) is 0 Å². The van der Waals surface area contributed by atoms with E-state index in [1.165, 1.54) is 0 Å². The lowest BCUT2D eigenvalue weighted by molar-refractivity contribution is 0.101. The first-order chi connectivity index (χ1) is 15.6. The highest BCUT2D eigenvalue weighted by atomic mass is 16.5. The van der Waals surface area contributed by atoms with Crippen molar-refractivity contribution >= 4 is 23.2 Å². The summed E-state index contributed by atoms with van der Waals surface area (Å²) in [6.07, 6.45) is 0. The van der Waals surface area contributed by atoms with Gasteiger partial charge < -0.3 is 15.4 Å². The summed E-state index contributed by atoms with van der Waals surface area (Å²) in [6, 6.07) is 31.3. The van der Waals surface area contributed by atoms with Crippen LogP contribution in [-0.4, -0.2) is 18.9 Å². The summed E-state index contributed by atoms with van der Waals surface area (Å²) in [7, 11) is 1.59. The van der Waals surface area contributed by atoms with Gasteiger partial charge in [-0.05, 0) is 65.7 Å². The molecule has 4 aromatic carbocycles. The molecular weight excluding hydrogens is 400 g/mol. The maximum Gasteiger partial charge on any atom is 0.255 e. The van der Waals surface area contributed by atoms with Crippen LogP contribution in [0.1, 0.15) is 20.7 Å². The van der Waals surface area contributed by atoms with E-state index in [4.69, 9.17) is 4.74 Å². The summed E-state index contributed by atoms with van der Waals surface area (Å²) in [4.78, 5) is 25.3. The first kappa shape index (κ1) is 20.9. The Labute approximate surface area is 186 Å². The second-order valence-corrected chi connectivity index (χ2v) is 7.16. The zero-order valence-corrected chi connectivity index (χ0v) is 17.5. The summed E-state index contributed by atoms with van der Waals surface area (Å²) in [5.74, 6) is 0.209. The van der Waals surface area contributed by atoms with E-state index in [9.17, 15) is 9.59 Å². The molecule has 0 bridgehead atoms. The Morgan fingerprint density at radius 2 is 1.22 bits per heavy atom. The van der Waals surface area contributed by atoms with Crippen LogP contribution in [0, 0.1) is 0 Å². The maximum atomic E-state index is 12.7. The van der Waals surface area contributed by atoms with Crippen LogP contribution in [0.3, 0.4) is 0 Å². The molecule has 2 N–H and O–H groups in total. The van der Waals surface area contributed by atoms with E-state index < -0.39 is 0 Å². The number of anilines is 2. The van der Waals surface area contributed by atoms with Gasteiger partial charge >= 0.3 is 0 Å². The van der Waals surface area contributed by atoms with Gasteiger partial charge in [0, 0.05) is 22.5 Å². The second kappa shape index (κ2) is 9.62. The molecule has 32 heavy (non-hydrogen) atoms. The average molecular weight is 422 g/mol. The lowest BCUT2D eigenvalue weighted by atomic mass is 10.0. The third-order valence-electron chi connectivity index (χ3n) is 4.98. The monoisotopic (exact) mass is 422 g/mol. The SMILES string of the molecule is COc1ccc(NC(=O)c2cccc(NC(=O)c3ccc(-c4ccccc4)cc3)c2)cc1. The molecule has 0 aliphatic rings. The zero-order valence-electron chi connectivity index (χ0n) is 17.5. The average Bonchev–Trinajstić information content (AvgIpc) is 2.85. The Hall–Kier alpha value is -4.38. The fraction of sp³-hybridized carbons (Fsp3) is 0.0370. The van der Waals surface area contributed by atoms with Gasteiger partial charge in [-0.2, -0.15) is 0 Å². The van der Waals surface area contributed by atoms with Gasteiger partial charge in [0.2, 0.25) is 0 Å². The minimum atomic E-state index is -0.265. The molecule has 0 aliphatic heterocycles. The van der Waals surface area contributed by atoms with E-state index >= 15 is 0 Å². The van der Waals surface area contributed by atoms with Crippen LogP contribution in [0.25, 0.3) is 11.1 Å². The van der Waals surface area contributed by atoms with Gasteiger partial charge in [-0.1, -0.05) is 48.5 Å². The summed E-state index contributed by atoms with van der Waals surface area (Å²) in [5, 5.41) is 5.69. The van der Waals surface area contributed by atoms with Crippen LogP contribution in [-0.2, 0) is 0 Å². The molecule has 0 heterocycles. The summed E-state index contributed by atoms with van der Waals surface area (Å²) in [6.45, 7) is 0. The number of methoxy groups -OCH3 is 1. The minimum absolute atomic E-state index is 0.239. The first-order valence-electron chi connectivity index (χ1n) is 10.1. The van der Waals surface area contributed by atoms with Crippen molar-refractivity contribution in [2.45, 2.75) is 0 Å². The molecule has 0 saturated heterocycles. The van der Waals surface area contributed by atoms with Crippen molar-refractivity contribution in [3.63, 3.8) is 0 Å². The molecule has 0 atom stereocenters. The van der Waals surface area contributed by atoms with E-state index in [0.29, 0.717) is 28.3 Å². The summed E-state index contributed by atoms with van der Waals surface area (Å²) >= 11 is 0. The van der Waals surface area contributed by atoms with E-state index in [1.807, 2.05) is 42.5 Å². The molecule has 5 heteroatoms. The van der Waals surface area contributed by atoms with E-state index in [2.05, 4.69) is 10.6 Å². The fourth-order valence-corrected chi connectivity index (χ4v) is 3.26. The lowest BCUT2D eigenvalue weighted by Crippen LogP contribution is -2.14. The molecule has 4 rings (SSSR count). The minimum Gasteiger partial charge on any atom is -0.497 e. The molecule has 0 radical (unpaired) electrons. The van der Waals surface area contributed by atoms with Gasteiger partial charge in [-0.15, -0.1) is 0 Å². The van der Waals surface area contributed by atoms with Gasteiger partial charge in [0.05, 0.1) is 7.11 Å². The van der Waals surface area contributed by atoms with Gasteiger partial charge in [-0.3, -0.25) is 9.59 Å². The lowest BCUT2D eigenvalue weighted by Gasteiger charge is -2.09. The highest BCUT2D eigenvalue weighted by molar-refractivity contribution is 6.07. The predicted molar refractivity (Wildman–Crippen MR) is 127 cm³/mol. The highest BCUT2D eigenvalue weighted by Gasteiger charge is 2.10. The van der Waals surface area contributed by atoms with Crippen molar-refractivity contribution in [3.05, 3.63) is 114 Å². The number of hydrogen-bond acceptors (Lipinski definition) is 3. The van der Waals surface area contributed by atoms with Crippen LogP contribution in [0.2, 0.25) is 0 Å². The Morgan fingerprint density at radius 1 is 0.594 bits per heavy atom. The number of ether oxygens (including phenoxy) is 1. The molecule has 0 spiro atoms. The zero-order chi connectivity index (χ0) is 22.3. The van der Waals surface area contributed by atoms with Crippen LogP contribution in [0.5, 0.6) is 5.75 Å². The summed E-state index contributed by atoms with van der Waals surface area (Å²) in [5.41, 5.74) is 4.32. The molecular formula is C27H22N2O3. The number of nitrogens with one attached hydrogen (secondary N) is 2. The van der Waals surface area contributed by atoms with E-state index in [-0.39, 0.29) is 11.8 Å². The number of benzene rings is 4. The maximum absolute atomic E-state index is 12.7. The van der Waals surface area contributed by atoms with Crippen LogP contribution in [0.15, 0.2) is 103 Å². The van der Waals surface area contributed by atoms with Gasteiger partial charge in [0.25, 0.3) is 11.8 Å². The topological polar surface area (TPSA) is 67.4 Å². The van der Waals surface area contributed by atoms with E-state index in [0.717, 1.165) is 11.1 Å². The van der Waals surface area contributed by atoms with Gasteiger partial charge in [0.1, 0.15) is 5.75 Å².